The Morgan fingerprint density at radius 2 is 1.90 bits per heavy atom. The lowest BCUT2D eigenvalue weighted by atomic mass is 10.1. The van der Waals surface area contributed by atoms with Crippen LogP contribution in [-0.4, -0.2) is 29.9 Å². The van der Waals surface area contributed by atoms with Gasteiger partial charge in [0.25, 0.3) is 0 Å². The average molecular weight is 309 g/mol. The zero-order valence-corrected chi connectivity index (χ0v) is 11.5. The first-order valence-electron chi connectivity index (χ1n) is 6.06. The third-order valence-corrected chi connectivity index (χ3v) is 3.21. The highest BCUT2D eigenvalue weighted by atomic mass is 35.5. The van der Waals surface area contributed by atoms with Crippen LogP contribution < -0.4 is 5.73 Å². The Balaban J connectivity index is 0.00000200. The molecule has 0 aromatic heterocycles. The number of amides is 1. The molecule has 0 aliphatic carbocycles. The summed E-state index contributed by atoms with van der Waals surface area (Å²) in [6.45, 7) is 1.15. The first-order valence-corrected chi connectivity index (χ1v) is 6.06. The summed E-state index contributed by atoms with van der Waals surface area (Å²) < 4.78 is 37.1. The fourth-order valence-electron chi connectivity index (χ4n) is 2.11. The number of rotatable bonds is 2. The van der Waals surface area contributed by atoms with Crippen molar-refractivity contribution in [2.45, 2.75) is 25.1 Å². The first-order chi connectivity index (χ1) is 8.86. The number of likely N-dealkylation sites (tertiary alicyclic amines) is 1. The van der Waals surface area contributed by atoms with Gasteiger partial charge in [-0.25, -0.2) is 0 Å². The van der Waals surface area contributed by atoms with Gasteiger partial charge >= 0.3 is 6.18 Å². The molecule has 20 heavy (non-hydrogen) atoms. The van der Waals surface area contributed by atoms with E-state index in [0.29, 0.717) is 18.7 Å². The number of hydrogen-bond donors (Lipinski definition) is 1. The van der Waals surface area contributed by atoms with Gasteiger partial charge in [-0.1, -0.05) is 12.1 Å². The third kappa shape index (κ3) is 4.11. The minimum atomic E-state index is -4.34. The molecule has 1 aliphatic rings. The van der Waals surface area contributed by atoms with Gasteiger partial charge < -0.3 is 10.6 Å². The quantitative estimate of drug-likeness (QED) is 0.910. The Labute approximate surface area is 121 Å². The lowest BCUT2D eigenvalue weighted by molar-refractivity contribution is -0.137. The standard InChI is InChI=1S/C13H15F3N2O.ClH/c14-13(15,16)10-3-1-9(2-4-10)7-12(19)18-6-5-11(17)8-18;/h1-4,11H,5-8,17H2;1H. The van der Waals surface area contributed by atoms with Crippen molar-refractivity contribution in [2.24, 2.45) is 5.73 Å². The summed E-state index contributed by atoms with van der Waals surface area (Å²) in [4.78, 5) is 13.5. The lowest BCUT2D eigenvalue weighted by Gasteiger charge is -2.16. The molecule has 1 unspecified atom stereocenters. The number of carbonyl (C=O) groups excluding carboxylic acids is 1. The minimum Gasteiger partial charge on any atom is -0.341 e. The molecule has 0 radical (unpaired) electrons. The minimum absolute atomic E-state index is 0. The van der Waals surface area contributed by atoms with E-state index in [4.69, 9.17) is 5.73 Å². The van der Waals surface area contributed by atoms with Gasteiger partial charge in [0.05, 0.1) is 12.0 Å². The van der Waals surface area contributed by atoms with Crippen LogP contribution in [0.2, 0.25) is 0 Å². The summed E-state index contributed by atoms with van der Waals surface area (Å²) in [5.41, 5.74) is 5.59. The molecule has 2 rings (SSSR count). The number of benzene rings is 1. The van der Waals surface area contributed by atoms with E-state index in [-0.39, 0.29) is 30.8 Å². The van der Waals surface area contributed by atoms with Crippen LogP contribution in [-0.2, 0) is 17.4 Å². The van der Waals surface area contributed by atoms with Crippen molar-refractivity contribution in [3.05, 3.63) is 35.4 Å². The summed E-state index contributed by atoms with van der Waals surface area (Å²) in [5.74, 6) is -0.0901. The van der Waals surface area contributed by atoms with E-state index in [2.05, 4.69) is 0 Å². The molecular weight excluding hydrogens is 293 g/mol. The van der Waals surface area contributed by atoms with Gasteiger partial charge in [-0.05, 0) is 24.1 Å². The van der Waals surface area contributed by atoms with Crippen LogP contribution in [0.4, 0.5) is 13.2 Å². The maximum atomic E-state index is 12.4. The number of halogens is 4. The van der Waals surface area contributed by atoms with Crippen LogP contribution in [0.5, 0.6) is 0 Å². The van der Waals surface area contributed by atoms with E-state index in [1.807, 2.05) is 0 Å². The Morgan fingerprint density at radius 3 is 2.35 bits per heavy atom. The molecular formula is C13H16ClF3N2O. The fourth-order valence-corrected chi connectivity index (χ4v) is 2.11. The highest BCUT2D eigenvalue weighted by Crippen LogP contribution is 2.29. The summed E-state index contributed by atoms with van der Waals surface area (Å²) in [5, 5.41) is 0. The largest absolute Gasteiger partial charge is 0.416 e. The van der Waals surface area contributed by atoms with Crippen molar-refractivity contribution in [2.75, 3.05) is 13.1 Å². The highest BCUT2D eigenvalue weighted by molar-refractivity contribution is 5.85. The second-order valence-corrected chi connectivity index (χ2v) is 4.76. The zero-order valence-electron chi connectivity index (χ0n) is 10.7. The van der Waals surface area contributed by atoms with Gasteiger partial charge in [-0.2, -0.15) is 13.2 Å². The van der Waals surface area contributed by atoms with Gasteiger partial charge in [0, 0.05) is 19.1 Å². The van der Waals surface area contributed by atoms with E-state index in [1.54, 1.807) is 4.90 Å². The number of hydrogen-bond acceptors (Lipinski definition) is 2. The number of nitrogens with zero attached hydrogens (tertiary/aromatic N) is 1. The summed E-state index contributed by atoms with van der Waals surface area (Å²) in [7, 11) is 0. The van der Waals surface area contributed by atoms with Crippen molar-refractivity contribution in [3.8, 4) is 0 Å². The summed E-state index contributed by atoms with van der Waals surface area (Å²) in [6.07, 6.45) is -3.45. The number of alkyl halides is 3. The van der Waals surface area contributed by atoms with Crippen LogP contribution in [0.3, 0.4) is 0 Å². The Bertz CT molecular complexity index is 462. The lowest BCUT2D eigenvalue weighted by Crippen LogP contribution is -2.32. The molecule has 3 nitrogen and oxygen atoms in total. The van der Waals surface area contributed by atoms with Crippen LogP contribution >= 0.6 is 12.4 Å². The molecule has 1 fully saturated rings. The molecule has 1 amide bonds. The molecule has 1 heterocycles. The van der Waals surface area contributed by atoms with Crippen molar-refractivity contribution in [1.82, 2.24) is 4.90 Å². The summed E-state index contributed by atoms with van der Waals surface area (Å²) in [6, 6.07) is 4.70. The van der Waals surface area contributed by atoms with Gasteiger partial charge in [0.15, 0.2) is 0 Å². The SMILES string of the molecule is Cl.NC1CCN(C(=O)Cc2ccc(C(F)(F)F)cc2)C1. The van der Waals surface area contributed by atoms with Crippen molar-refractivity contribution >= 4 is 18.3 Å². The average Bonchev–Trinajstić information content (AvgIpc) is 2.75. The fraction of sp³-hybridized carbons (Fsp3) is 0.462. The van der Waals surface area contributed by atoms with Crippen LogP contribution in [0.15, 0.2) is 24.3 Å². The van der Waals surface area contributed by atoms with Crippen molar-refractivity contribution in [1.29, 1.82) is 0 Å². The zero-order chi connectivity index (χ0) is 14.0. The third-order valence-electron chi connectivity index (χ3n) is 3.21. The van der Waals surface area contributed by atoms with Gasteiger partial charge in [-0.15, -0.1) is 12.4 Å². The number of nitrogens with two attached hydrogens (primary N) is 1. The number of carbonyl (C=O) groups is 1. The smallest absolute Gasteiger partial charge is 0.341 e. The van der Waals surface area contributed by atoms with E-state index in [0.717, 1.165) is 18.6 Å². The van der Waals surface area contributed by atoms with E-state index in [1.165, 1.54) is 12.1 Å². The van der Waals surface area contributed by atoms with Crippen LogP contribution in [0.25, 0.3) is 0 Å². The Hall–Kier alpha value is -1.27. The molecule has 1 saturated heterocycles. The molecule has 0 spiro atoms. The molecule has 1 atom stereocenters. The predicted molar refractivity (Wildman–Crippen MR) is 71.6 cm³/mol. The van der Waals surface area contributed by atoms with Gasteiger partial charge in [0.1, 0.15) is 0 Å². The monoisotopic (exact) mass is 308 g/mol. The molecule has 0 bridgehead atoms. The Morgan fingerprint density at radius 1 is 1.30 bits per heavy atom. The van der Waals surface area contributed by atoms with Crippen molar-refractivity contribution in [3.63, 3.8) is 0 Å². The maximum absolute atomic E-state index is 12.4. The highest BCUT2D eigenvalue weighted by Gasteiger charge is 2.30. The molecule has 1 aromatic carbocycles. The molecule has 7 heteroatoms. The van der Waals surface area contributed by atoms with E-state index in [9.17, 15) is 18.0 Å². The maximum Gasteiger partial charge on any atom is 0.416 e. The second kappa shape index (κ2) is 6.45. The topological polar surface area (TPSA) is 46.3 Å². The molecule has 112 valence electrons. The first kappa shape index (κ1) is 16.8. The van der Waals surface area contributed by atoms with Crippen molar-refractivity contribution < 1.29 is 18.0 Å². The molecule has 1 aromatic rings. The molecule has 0 saturated carbocycles. The Kier molecular flexibility index (Phi) is 5.42. The molecule has 2 N–H and O–H groups in total. The molecule has 1 aliphatic heterocycles. The second-order valence-electron chi connectivity index (χ2n) is 4.76. The van der Waals surface area contributed by atoms with E-state index < -0.39 is 11.7 Å². The normalized spacial score (nSPS) is 18.8. The van der Waals surface area contributed by atoms with Crippen LogP contribution in [0.1, 0.15) is 17.5 Å². The summed E-state index contributed by atoms with van der Waals surface area (Å²) >= 11 is 0. The predicted octanol–water partition coefficient (Wildman–Crippen LogP) is 2.23. The van der Waals surface area contributed by atoms with Gasteiger partial charge in [-0.3, -0.25) is 4.79 Å². The van der Waals surface area contributed by atoms with E-state index >= 15 is 0 Å². The van der Waals surface area contributed by atoms with Gasteiger partial charge in [0.2, 0.25) is 5.91 Å². The van der Waals surface area contributed by atoms with Crippen LogP contribution in [0, 0.1) is 0 Å².